The highest BCUT2D eigenvalue weighted by Gasteiger charge is 2.18. The summed E-state index contributed by atoms with van der Waals surface area (Å²) in [5, 5.41) is 2.54. The van der Waals surface area contributed by atoms with Crippen molar-refractivity contribution in [2.45, 2.75) is 13.0 Å². The summed E-state index contributed by atoms with van der Waals surface area (Å²) in [5.41, 5.74) is 0.394. The number of rotatable bonds is 4. The standard InChI is InChI=1S/C12H14BrNO4/c1-7(12(16)18-3)14-11(15)9-6-8(17-2)4-5-10(9)13/h4-7H,1-3H3,(H,14,15)/t7-/m0/s1. The van der Waals surface area contributed by atoms with Gasteiger partial charge in [0, 0.05) is 4.47 Å². The SMILES string of the molecule is COC(=O)[C@H](C)NC(=O)c1cc(OC)ccc1Br. The van der Waals surface area contributed by atoms with Crippen LogP contribution in [-0.4, -0.2) is 32.1 Å². The minimum absolute atomic E-state index is 0.376. The van der Waals surface area contributed by atoms with E-state index in [0.29, 0.717) is 15.8 Å². The molecular weight excluding hydrogens is 302 g/mol. The van der Waals surface area contributed by atoms with E-state index in [2.05, 4.69) is 26.0 Å². The first-order valence-electron chi connectivity index (χ1n) is 5.21. The minimum atomic E-state index is -0.708. The van der Waals surface area contributed by atoms with Gasteiger partial charge in [-0.15, -0.1) is 0 Å². The molecule has 0 spiro atoms. The molecule has 0 saturated heterocycles. The molecule has 1 aromatic rings. The molecule has 0 saturated carbocycles. The van der Waals surface area contributed by atoms with Crippen LogP contribution in [-0.2, 0) is 9.53 Å². The lowest BCUT2D eigenvalue weighted by Gasteiger charge is -2.13. The predicted octanol–water partition coefficient (Wildman–Crippen LogP) is 1.75. The number of hydrogen-bond donors (Lipinski definition) is 1. The lowest BCUT2D eigenvalue weighted by atomic mass is 10.2. The molecule has 18 heavy (non-hydrogen) atoms. The van der Waals surface area contributed by atoms with Crippen LogP contribution in [0.2, 0.25) is 0 Å². The lowest BCUT2D eigenvalue weighted by molar-refractivity contribution is -0.142. The zero-order chi connectivity index (χ0) is 13.7. The molecule has 98 valence electrons. The summed E-state index contributed by atoms with van der Waals surface area (Å²) >= 11 is 3.27. The van der Waals surface area contributed by atoms with Crippen LogP contribution < -0.4 is 10.1 Å². The summed E-state index contributed by atoms with van der Waals surface area (Å²) in [6, 6.07) is 4.31. The third-order valence-electron chi connectivity index (χ3n) is 2.32. The van der Waals surface area contributed by atoms with E-state index >= 15 is 0 Å². The second kappa shape index (κ2) is 6.39. The zero-order valence-electron chi connectivity index (χ0n) is 10.3. The van der Waals surface area contributed by atoms with Gasteiger partial charge in [-0.2, -0.15) is 0 Å². The smallest absolute Gasteiger partial charge is 0.328 e. The van der Waals surface area contributed by atoms with Crippen LogP contribution in [0.4, 0.5) is 0 Å². The second-order valence-corrected chi connectivity index (χ2v) is 4.42. The number of methoxy groups -OCH3 is 2. The van der Waals surface area contributed by atoms with Crippen LogP contribution in [0, 0.1) is 0 Å². The Kier molecular flexibility index (Phi) is 5.15. The normalized spacial score (nSPS) is 11.6. The first kappa shape index (κ1) is 14.5. The van der Waals surface area contributed by atoms with Crippen LogP contribution in [0.1, 0.15) is 17.3 Å². The van der Waals surface area contributed by atoms with Gasteiger partial charge in [-0.1, -0.05) is 0 Å². The molecule has 0 unspecified atom stereocenters. The topological polar surface area (TPSA) is 64.6 Å². The molecule has 0 aliphatic heterocycles. The molecule has 1 atom stereocenters. The van der Waals surface area contributed by atoms with Crippen molar-refractivity contribution in [3.05, 3.63) is 28.2 Å². The summed E-state index contributed by atoms with van der Waals surface area (Å²) in [4.78, 5) is 23.2. The van der Waals surface area contributed by atoms with Crippen LogP contribution in [0.3, 0.4) is 0 Å². The molecular formula is C12H14BrNO4. The van der Waals surface area contributed by atoms with E-state index in [9.17, 15) is 9.59 Å². The van der Waals surface area contributed by atoms with Gasteiger partial charge < -0.3 is 14.8 Å². The van der Waals surface area contributed by atoms with Gasteiger partial charge in [0.15, 0.2) is 0 Å². The molecule has 1 rings (SSSR count). The van der Waals surface area contributed by atoms with E-state index in [1.54, 1.807) is 25.1 Å². The number of carbonyl (C=O) groups excluding carboxylic acids is 2. The van der Waals surface area contributed by atoms with E-state index < -0.39 is 12.0 Å². The van der Waals surface area contributed by atoms with Crippen molar-refractivity contribution in [3.63, 3.8) is 0 Å². The van der Waals surface area contributed by atoms with E-state index in [1.807, 2.05) is 0 Å². The Balaban J connectivity index is 2.87. The number of carbonyl (C=O) groups is 2. The van der Waals surface area contributed by atoms with Crippen molar-refractivity contribution < 1.29 is 19.1 Å². The van der Waals surface area contributed by atoms with Crippen LogP contribution in [0.25, 0.3) is 0 Å². The third kappa shape index (κ3) is 3.46. The molecule has 0 heterocycles. The Morgan fingerprint density at radius 1 is 1.33 bits per heavy atom. The van der Waals surface area contributed by atoms with E-state index in [4.69, 9.17) is 4.74 Å². The maximum absolute atomic E-state index is 12.0. The number of nitrogens with one attached hydrogen (secondary N) is 1. The Morgan fingerprint density at radius 3 is 2.56 bits per heavy atom. The lowest BCUT2D eigenvalue weighted by Crippen LogP contribution is -2.39. The minimum Gasteiger partial charge on any atom is -0.497 e. The third-order valence-corrected chi connectivity index (χ3v) is 3.01. The number of ether oxygens (including phenoxy) is 2. The molecule has 5 nitrogen and oxygen atoms in total. The van der Waals surface area contributed by atoms with Gasteiger partial charge in [0.1, 0.15) is 11.8 Å². The molecule has 0 aliphatic rings. The first-order chi connectivity index (χ1) is 8.49. The van der Waals surface area contributed by atoms with Crippen molar-refractivity contribution in [2.75, 3.05) is 14.2 Å². The van der Waals surface area contributed by atoms with Crippen LogP contribution in [0.5, 0.6) is 5.75 Å². The molecule has 0 radical (unpaired) electrons. The second-order valence-electron chi connectivity index (χ2n) is 3.56. The fourth-order valence-corrected chi connectivity index (χ4v) is 1.74. The highest BCUT2D eigenvalue weighted by atomic mass is 79.9. The van der Waals surface area contributed by atoms with Crippen molar-refractivity contribution >= 4 is 27.8 Å². The molecule has 0 fully saturated rings. The summed E-state index contributed by atoms with van der Waals surface area (Å²) in [6.45, 7) is 1.55. The van der Waals surface area contributed by atoms with Gasteiger partial charge in [0.05, 0.1) is 19.8 Å². The highest BCUT2D eigenvalue weighted by Crippen LogP contribution is 2.22. The van der Waals surface area contributed by atoms with Crippen molar-refractivity contribution in [1.82, 2.24) is 5.32 Å². The molecule has 0 bridgehead atoms. The van der Waals surface area contributed by atoms with Crippen molar-refractivity contribution in [1.29, 1.82) is 0 Å². The maximum Gasteiger partial charge on any atom is 0.328 e. The number of amides is 1. The summed E-state index contributed by atoms with van der Waals surface area (Å²) < 4.78 is 10.2. The summed E-state index contributed by atoms with van der Waals surface area (Å²) in [6.07, 6.45) is 0. The van der Waals surface area contributed by atoms with Gasteiger partial charge in [-0.3, -0.25) is 4.79 Å². The highest BCUT2D eigenvalue weighted by molar-refractivity contribution is 9.10. The number of hydrogen-bond acceptors (Lipinski definition) is 4. The Bertz CT molecular complexity index is 461. The molecule has 0 aromatic heterocycles. The van der Waals surface area contributed by atoms with Crippen LogP contribution >= 0.6 is 15.9 Å². The largest absolute Gasteiger partial charge is 0.497 e. The van der Waals surface area contributed by atoms with Gasteiger partial charge in [-0.25, -0.2) is 4.79 Å². The molecule has 1 aromatic carbocycles. The van der Waals surface area contributed by atoms with Crippen molar-refractivity contribution in [2.24, 2.45) is 0 Å². The van der Waals surface area contributed by atoms with E-state index in [-0.39, 0.29) is 5.91 Å². The average Bonchev–Trinajstić information content (AvgIpc) is 2.38. The fourth-order valence-electron chi connectivity index (χ4n) is 1.32. The van der Waals surface area contributed by atoms with Gasteiger partial charge >= 0.3 is 5.97 Å². The zero-order valence-corrected chi connectivity index (χ0v) is 11.9. The number of esters is 1. The average molecular weight is 316 g/mol. The van der Waals surface area contributed by atoms with Crippen LogP contribution in [0.15, 0.2) is 22.7 Å². The van der Waals surface area contributed by atoms with E-state index in [0.717, 1.165) is 0 Å². The number of benzene rings is 1. The molecule has 6 heteroatoms. The predicted molar refractivity (Wildman–Crippen MR) is 69.6 cm³/mol. The monoisotopic (exact) mass is 315 g/mol. The Hall–Kier alpha value is -1.56. The van der Waals surface area contributed by atoms with Gasteiger partial charge in [-0.05, 0) is 41.1 Å². The quantitative estimate of drug-likeness (QED) is 0.860. The Labute approximate surface area is 114 Å². The van der Waals surface area contributed by atoms with Gasteiger partial charge in [0.2, 0.25) is 0 Å². The van der Waals surface area contributed by atoms with Gasteiger partial charge in [0.25, 0.3) is 5.91 Å². The maximum atomic E-state index is 12.0. The summed E-state index contributed by atoms with van der Waals surface area (Å²) in [7, 11) is 2.79. The first-order valence-corrected chi connectivity index (χ1v) is 6.01. The molecule has 0 aliphatic carbocycles. The molecule has 1 N–H and O–H groups in total. The fraction of sp³-hybridized carbons (Fsp3) is 0.333. The molecule has 1 amide bonds. The number of halogens is 1. The Morgan fingerprint density at radius 2 is 2.00 bits per heavy atom. The van der Waals surface area contributed by atoms with Crippen molar-refractivity contribution in [3.8, 4) is 5.75 Å². The summed E-state index contributed by atoms with van der Waals surface area (Å²) in [5.74, 6) is -0.310. The van der Waals surface area contributed by atoms with E-state index in [1.165, 1.54) is 14.2 Å².